The topological polar surface area (TPSA) is 84.6 Å². The molecule has 0 aromatic heterocycles. The van der Waals surface area contributed by atoms with Crippen LogP contribution >= 0.6 is 0 Å². The van der Waals surface area contributed by atoms with E-state index >= 15 is 0 Å². The van der Waals surface area contributed by atoms with E-state index in [0.717, 1.165) is 24.7 Å². The SMILES string of the molecule is C[C@](N)(CO)C(=O)Nc1ccc(OCCCCC2CCCCC2)cc1. The second-order valence-electron chi connectivity index (χ2n) is 7.40. The van der Waals surface area contributed by atoms with Crippen LogP contribution in [-0.2, 0) is 4.79 Å². The monoisotopic (exact) mass is 348 g/mol. The number of ether oxygens (including phenoxy) is 1. The molecule has 1 amide bonds. The van der Waals surface area contributed by atoms with Crippen molar-refractivity contribution in [2.75, 3.05) is 18.5 Å². The van der Waals surface area contributed by atoms with Gasteiger partial charge < -0.3 is 20.9 Å². The van der Waals surface area contributed by atoms with Gasteiger partial charge in [-0.05, 0) is 49.9 Å². The van der Waals surface area contributed by atoms with E-state index in [1.54, 1.807) is 12.1 Å². The first kappa shape index (κ1) is 19.7. The lowest BCUT2D eigenvalue weighted by Gasteiger charge is -2.21. The Morgan fingerprint density at radius 1 is 1.24 bits per heavy atom. The van der Waals surface area contributed by atoms with Crippen molar-refractivity contribution in [1.82, 2.24) is 0 Å². The van der Waals surface area contributed by atoms with E-state index in [2.05, 4.69) is 5.32 Å². The van der Waals surface area contributed by atoms with E-state index < -0.39 is 18.1 Å². The molecule has 0 aliphatic heterocycles. The predicted molar refractivity (Wildman–Crippen MR) is 101 cm³/mol. The van der Waals surface area contributed by atoms with Gasteiger partial charge in [0.15, 0.2) is 0 Å². The number of benzene rings is 1. The number of amides is 1. The highest BCUT2D eigenvalue weighted by Gasteiger charge is 2.27. The van der Waals surface area contributed by atoms with Gasteiger partial charge in [0.1, 0.15) is 11.3 Å². The molecule has 0 radical (unpaired) electrons. The number of anilines is 1. The summed E-state index contributed by atoms with van der Waals surface area (Å²) in [5.74, 6) is 1.32. The third-order valence-corrected chi connectivity index (χ3v) is 4.96. The molecule has 5 nitrogen and oxygen atoms in total. The largest absolute Gasteiger partial charge is 0.494 e. The van der Waals surface area contributed by atoms with Crippen LogP contribution in [0.1, 0.15) is 58.3 Å². The zero-order valence-electron chi connectivity index (χ0n) is 15.3. The van der Waals surface area contributed by atoms with Crippen LogP contribution in [0.5, 0.6) is 5.75 Å². The van der Waals surface area contributed by atoms with Crippen LogP contribution in [0.4, 0.5) is 5.69 Å². The second kappa shape index (κ2) is 9.78. The van der Waals surface area contributed by atoms with E-state index in [4.69, 9.17) is 15.6 Å². The Morgan fingerprint density at radius 2 is 1.92 bits per heavy atom. The lowest BCUT2D eigenvalue weighted by Crippen LogP contribution is -2.51. The smallest absolute Gasteiger partial charge is 0.246 e. The highest BCUT2D eigenvalue weighted by atomic mass is 16.5. The molecule has 2 rings (SSSR count). The number of nitrogens with one attached hydrogen (secondary N) is 1. The first-order valence-electron chi connectivity index (χ1n) is 9.45. The molecule has 0 unspecified atom stereocenters. The number of nitrogens with two attached hydrogens (primary N) is 1. The van der Waals surface area contributed by atoms with Crippen molar-refractivity contribution in [3.63, 3.8) is 0 Å². The summed E-state index contributed by atoms with van der Waals surface area (Å²) < 4.78 is 5.77. The van der Waals surface area contributed by atoms with Crippen molar-refractivity contribution in [3.05, 3.63) is 24.3 Å². The number of hydrogen-bond donors (Lipinski definition) is 3. The maximum absolute atomic E-state index is 11.9. The van der Waals surface area contributed by atoms with Gasteiger partial charge in [-0.3, -0.25) is 4.79 Å². The van der Waals surface area contributed by atoms with Gasteiger partial charge in [0, 0.05) is 5.69 Å². The Hall–Kier alpha value is -1.59. The molecule has 140 valence electrons. The predicted octanol–water partition coefficient (Wildman–Crippen LogP) is 3.46. The van der Waals surface area contributed by atoms with Gasteiger partial charge in [-0.1, -0.05) is 38.5 Å². The summed E-state index contributed by atoms with van der Waals surface area (Å²) in [4.78, 5) is 11.9. The Kier molecular flexibility index (Phi) is 7.72. The van der Waals surface area contributed by atoms with Crippen molar-refractivity contribution in [2.45, 2.75) is 63.8 Å². The minimum atomic E-state index is -1.28. The molecule has 1 aromatic carbocycles. The molecule has 0 bridgehead atoms. The van der Waals surface area contributed by atoms with E-state index in [0.29, 0.717) is 5.69 Å². The maximum Gasteiger partial charge on any atom is 0.246 e. The van der Waals surface area contributed by atoms with Crippen LogP contribution in [0.15, 0.2) is 24.3 Å². The molecule has 0 heterocycles. The lowest BCUT2D eigenvalue weighted by molar-refractivity contribution is -0.121. The fourth-order valence-electron chi connectivity index (χ4n) is 3.18. The fourth-order valence-corrected chi connectivity index (χ4v) is 3.18. The van der Waals surface area contributed by atoms with Gasteiger partial charge in [-0.25, -0.2) is 0 Å². The van der Waals surface area contributed by atoms with Crippen molar-refractivity contribution in [2.24, 2.45) is 11.7 Å². The molecule has 1 atom stereocenters. The number of carbonyl (C=O) groups is 1. The molecule has 25 heavy (non-hydrogen) atoms. The number of hydrogen-bond acceptors (Lipinski definition) is 4. The van der Waals surface area contributed by atoms with Crippen LogP contribution < -0.4 is 15.8 Å². The molecule has 1 saturated carbocycles. The summed E-state index contributed by atoms with van der Waals surface area (Å²) in [5.41, 5.74) is 5.05. The summed E-state index contributed by atoms with van der Waals surface area (Å²) in [6.07, 6.45) is 10.7. The number of unbranched alkanes of at least 4 members (excludes halogenated alkanes) is 1. The zero-order valence-corrected chi connectivity index (χ0v) is 15.3. The molecule has 1 aromatic rings. The van der Waals surface area contributed by atoms with Crippen molar-refractivity contribution >= 4 is 11.6 Å². The summed E-state index contributed by atoms with van der Waals surface area (Å²) in [5, 5.41) is 11.8. The highest BCUT2D eigenvalue weighted by molar-refractivity contribution is 5.97. The van der Waals surface area contributed by atoms with E-state index in [1.165, 1.54) is 51.9 Å². The van der Waals surface area contributed by atoms with E-state index in [9.17, 15) is 4.79 Å². The fraction of sp³-hybridized carbons (Fsp3) is 0.650. The Balaban J connectivity index is 1.65. The summed E-state index contributed by atoms with van der Waals surface area (Å²) in [6, 6.07) is 7.23. The molecule has 1 aliphatic carbocycles. The standard InChI is InChI=1S/C20H32N2O3/c1-20(21,15-23)19(24)22-17-10-12-18(13-11-17)25-14-6-5-9-16-7-3-2-4-8-16/h10-13,16,23H,2-9,14-15,21H2,1H3,(H,22,24)/t20-/m0/s1. The maximum atomic E-state index is 11.9. The van der Waals surface area contributed by atoms with Gasteiger partial charge in [-0.2, -0.15) is 0 Å². The van der Waals surface area contributed by atoms with Gasteiger partial charge in [-0.15, -0.1) is 0 Å². The van der Waals surface area contributed by atoms with Crippen LogP contribution in [0.25, 0.3) is 0 Å². The third-order valence-electron chi connectivity index (χ3n) is 4.96. The highest BCUT2D eigenvalue weighted by Crippen LogP contribution is 2.27. The van der Waals surface area contributed by atoms with Crippen LogP contribution in [0.3, 0.4) is 0 Å². The van der Waals surface area contributed by atoms with E-state index in [1.807, 2.05) is 12.1 Å². The number of rotatable bonds is 9. The molecule has 4 N–H and O–H groups in total. The Labute approximate surface area is 150 Å². The van der Waals surface area contributed by atoms with Crippen LogP contribution in [-0.4, -0.2) is 29.8 Å². The van der Waals surface area contributed by atoms with Crippen LogP contribution in [0, 0.1) is 5.92 Å². The number of aliphatic hydroxyl groups excluding tert-OH is 1. The number of aliphatic hydroxyl groups is 1. The second-order valence-corrected chi connectivity index (χ2v) is 7.40. The molecule has 0 saturated heterocycles. The van der Waals surface area contributed by atoms with Gasteiger partial charge in [0.05, 0.1) is 13.2 Å². The van der Waals surface area contributed by atoms with Gasteiger partial charge in [0.25, 0.3) is 0 Å². The first-order chi connectivity index (χ1) is 12.0. The van der Waals surface area contributed by atoms with Crippen molar-refractivity contribution in [3.8, 4) is 5.75 Å². The minimum absolute atomic E-state index is 0.402. The third kappa shape index (κ3) is 6.67. The average Bonchev–Trinajstić information content (AvgIpc) is 2.63. The first-order valence-corrected chi connectivity index (χ1v) is 9.45. The van der Waals surface area contributed by atoms with Gasteiger partial charge >= 0.3 is 0 Å². The summed E-state index contributed by atoms with van der Waals surface area (Å²) >= 11 is 0. The van der Waals surface area contributed by atoms with E-state index in [-0.39, 0.29) is 0 Å². The molecule has 1 aliphatic rings. The quantitative estimate of drug-likeness (QED) is 0.597. The normalized spacial score (nSPS) is 17.7. The van der Waals surface area contributed by atoms with Crippen LogP contribution in [0.2, 0.25) is 0 Å². The van der Waals surface area contributed by atoms with Crippen molar-refractivity contribution < 1.29 is 14.6 Å². The Bertz CT molecular complexity index is 522. The molecular weight excluding hydrogens is 316 g/mol. The van der Waals surface area contributed by atoms with Crippen molar-refractivity contribution in [1.29, 1.82) is 0 Å². The number of carbonyl (C=O) groups excluding carboxylic acids is 1. The zero-order chi connectivity index (χ0) is 18.1. The molecule has 5 heteroatoms. The minimum Gasteiger partial charge on any atom is -0.494 e. The molecule has 1 fully saturated rings. The average molecular weight is 348 g/mol. The molecule has 0 spiro atoms. The molecular formula is C20H32N2O3. The summed E-state index contributed by atoms with van der Waals surface area (Å²) in [6.45, 7) is 1.82. The Morgan fingerprint density at radius 3 is 2.56 bits per heavy atom. The summed E-state index contributed by atoms with van der Waals surface area (Å²) in [7, 11) is 0. The van der Waals surface area contributed by atoms with Gasteiger partial charge in [0.2, 0.25) is 5.91 Å². The lowest BCUT2D eigenvalue weighted by atomic mass is 9.86.